The molecule has 0 saturated carbocycles. The van der Waals surface area contributed by atoms with Crippen molar-refractivity contribution < 1.29 is 22.3 Å². The molecule has 10 heteroatoms. The van der Waals surface area contributed by atoms with Crippen LogP contribution < -0.4 is 5.56 Å². The van der Waals surface area contributed by atoms with Gasteiger partial charge in [-0.3, -0.25) is 4.79 Å². The Bertz CT molecular complexity index is 1440. The van der Waals surface area contributed by atoms with Gasteiger partial charge in [-0.2, -0.15) is 13.2 Å². The Morgan fingerprint density at radius 3 is 2.71 bits per heavy atom. The Morgan fingerprint density at radius 1 is 1.20 bits per heavy atom. The lowest BCUT2D eigenvalue weighted by atomic mass is 9.91. The van der Waals surface area contributed by atoms with Crippen LogP contribution in [0.2, 0.25) is 0 Å². The molecule has 0 bridgehead atoms. The zero-order valence-electron chi connectivity index (χ0n) is 19.1. The van der Waals surface area contributed by atoms with Crippen molar-refractivity contribution in [3.63, 3.8) is 0 Å². The molecule has 1 fully saturated rings. The lowest BCUT2D eigenvalue weighted by Gasteiger charge is -2.29. The molecule has 1 saturated heterocycles. The fourth-order valence-electron chi connectivity index (χ4n) is 4.53. The molecular weight excluding hydrogens is 464 g/mol. The molecule has 0 unspecified atom stereocenters. The Morgan fingerprint density at radius 2 is 2.00 bits per heavy atom. The van der Waals surface area contributed by atoms with Crippen molar-refractivity contribution in [1.29, 1.82) is 0 Å². The molecule has 2 aliphatic rings. The highest BCUT2D eigenvalue weighted by Crippen LogP contribution is 2.41. The SMILES string of the molecule is Cc1nc2nc([C@H]3CCO[C@@H](c4ccc(=O)n(C)c4)C3)nc(C3=C=C[C@H](C(F)(F)F)C3)c2cc1F. The molecule has 0 spiro atoms. The minimum Gasteiger partial charge on any atom is -0.373 e. The Kier molecular flexibility index (Phi) is 5.81. The van der Waals surface area contributed by atoms with Crippen LogP contribution >= 0.6 is 0 Å². The Hall–Kier alpha value is -3.36. The van der Waals surface area contributed by atoms with Crippen LogP contribution in [0.5, 0.6) is 0 Å². The number of pyridine rings is 2. The van der Waals surface area contributed by atoms with Gasteiger partial charge in [-0.1, -0.05) is 0 Å². The van der Waals surface area contributed by atoms with E-state index < -0.39 is 17.9 Å². The molecule has 4 heterocycles. The van der Waals surface area contributed by atoms with Crippen LogP contribution in [0.25, 0.3) is 16.6 Å². The second-order valence-corrected chi connectivity index (χ2v) is 8.99. The van der Waals surface area contributed by atoms with Crippen molar-refractivity contribution in [1.82, 2.24) is 19.5 Å². The molecule has 35 heavy (non-hydrogen) atoms. The van der Waals surface area contributed by atoms with Gasteiger partial charge in [0.05, 0.1) is 23.4 Å². The Labute approximate surface area is 198 Å². The number of ether oxygens (including phenoxy) is 1. The predicted molar refractivity (Wildman–Crippen MR) is 120 cm³/mol. The van der Waals surface area contributed by atoms with E-state index in [1.54, 1.807) is 19.3 Å². The van der Waals surface area contributed by atoms with E-state index in [0.29, 0.717) is 25.3 Å². The maximum Gasteiger partial charge on any atom is 0.396 e. The molecule has 5 rings (SSSR count). The van der Waals surface area contributed by atoms with Gasteiger partial charge < -0.3 is 9.30 Å². The highest BCUT2D eigenvalue weighted by molar-refractivity contribution is 5.88. The van der Waals surface area contributed by atoms with Crippen molar-refractivity contribution in [3.8, 4) is 0 Å². The summed E-state index contributed by atoms with van der Waals surface area (Å²) in [6, 6.07) is 4.43. The molecule has 0 N–H and O–H groups in total. The molecule has 0 aromatic carbocycles. The van der Waals surface area contributed by atoms with Crippen molar-refractivity contribution >= 4 is 16.6 Å². The first-order chi connectivity index (χ1) is 16.6. The van der Waals surface area contributed by atoms with Gasteiger partial charge in [0.15, 0.2) is 5.65 Å². The highest BCUT2D eigenvalue weighted by Gasteiger charge is 2.40. The van der Waals surface area contributed by atoms with Crippen molar-refractivity contribution in [2.24, 2.45) is 13.0 Å². The molecule has 182 valence electrons. The molecule has 1 aliphatic heterocycles. The number of allylic oxidation sites excluding steroid dienone is 1. The summed E-state index contributed by atoms with van der Waals surface area (Å²) in [6.07, 6.45) is -1.18. The number of aryl methyl sites for hydroxylation is 2. The van der Waals surface area contributed by atoms with Crippen LogP contribution in [-0.4, -0.2) is 32.3 Å². The van der Waals surface area contributed by atoms with Gasteiger partial charge >= 0.3 is 6.18 Å². The van der Waals surface area contributed by atoms with E-state index in [0.717, 1.165) is 11.6 Å². The number of hydrogen-bond acceptors (Lipinski definition) is 5. The third-order valence-corrected chi connectivity index (χ3v) is 6.55. The monoisotopic (exact) mass is 486 g/mol. The molecule has 3 atom stereocenters. The largest absolute Gasteiger partial charge is 0.396 e. The van der Waals surface area contributed by atoms with Crippen LogP contribution in [-0.2, 0) is 11.8 Å². The molecule has 6 nitrogen and oxygen atoms in total. The van der Waals surface area contributed by atoms with E-state index in [2.05, 4.69) is 20.7 Å². The number of aromatic nitrogens is 4. The van der Waals surface area contributed by atoms with Crippen LogP contribution in [0.3, 0.4) is 0 Å². The fraction of sp³-hybridized carbons (Fsp3) is 0.400. The average molecular weight is 486 g/mol. The summed E-state index contributed by atoms with van der Waals surface area (Å²) in [5.41, 5.74) is 4.27. The van der Waals surface area contributed by atoms with Gasteiger partial charge in [-0.15, -0.1) is 5.73 Å². The average Bonchev–Trinajstić information content (AvgIpc) is 3.32. The number of alkyl halides is 3. The van der Waals surface area contributed by atoms with Crippen molar-refractivity contribution in [2.75, 3.05) is 6.61 Å². The maximum atomic E-state index is 14.4. The molecule has 0 radical (unpaired) electrons. The number of halogens is 4. The van der Waals surface area contributed by atoms with E-state index in [9.17, 15) is 22.4 Å². The first-order valence-corrected chi connectivity index (χ1v) is 11.3. The summed E-state index contributed by atoms with van der Waals surface area (Å²) in [4.78, 5) is 25.2. The zero-order valence-corrected chi connectivity index (χ0v) is 19.1. The molecule has 3 aromatic rings. The van der Waals surface area contributed by atoms with Gasteiger partial charge in [0.25, 0.3) is 0 Å². The van der Waals surface area contributed by atoms with E-state index in [-0.39, 0.29) is 52.0 Å². The summed E-state index contributed by atoms with van der Waals surface area (Å²) >= 11 is 0. The summed E-state index contributed by atoms with van der Waals surface area (Å²) in [7, 11) is 1.66. The van der Waals surface area contributed by atoms with Gasteiger partial charge in [0.1, 0.15) is 11.6 Å². The molecule has 1 aliphatic carbocycles. The Balaban J connectivity index is 1.54. The van der Waals surface area contributed by atoms with Crippen LogP contribution in [0.15, 0.2) is 41.0 Å². The zero-order chi connectivity index (χ0) is 24.9. The minimum absolute atomic E-state index is 0.132. The predicted octanol–water partition coefficient (Wildman–Crippen LogP) is 4.93. The summed E-state index contributed by atoms with van der Waals surface area (Å²) in [6.45, 7) is 1.93. The lowest BCUT2D eigenvalue weighted by Crippen LogP contribution is -2.23. The van der Waals surface area contributed by atoms with Crippen LogP contribution in [0, 0.1) is 18.7 Å². The topological polar surface area (TPSA) is 69.9 Å². The van der Waals surface area contributed by atoms with E-state index in [4.69, 9.17) is 4.74 Å². The van der Waals surface area contributed by atoms with Crippen molar-refractivity contribution in [2.45, 2.75) is 44.4 Å². The van der Waals surface area contributed by atoms with Gasteiger partial charge in [-0.25, -0.2) is 19.3 Å². The van der Waals surface area contributed by atoms with E-state index >= 15 is 0 Å². The third kappa shape index (κ3) is 4.51. The van der Waals surface area contributed by atoms with Gasteiger partial charge in [0, 0.05) is 42.8 Å². The minimum atomic E-state index is -4.40. The van der Waals surface area contributed by atoms with Crippen molar-refractivity contribution in [3.05, 3.63) is 75.1 Å². The summed E-state index contributed by atoms with van der Waals surface area (Å²) in [5, 5.41) is 0.261. The first-order valence-electron chi connectivity index (χ1n) is 11.3. The normalized spacial score (nSPS) is 22.6. The third-order valence-electron chi connectivity index (χ3n) is 6.55. The molecule has 0 amide bonds. The smallest absolute Gasteiger partial charge is 0.373 e. The quantitative estimate of drug-likeness (QED) is 0.388. The highest BCUT2D eigenvalue weighted by atomic mass is 19.4. The van der Waals surface area contributed by atoms with Gasteiger partial charge in [0.2, 0.25) is 5.56 Å². The fourth-order valence-corrected chi connectivity index (χ4v) is 4.53. The second-order valence-electron chi connectivity index (χ2n) is 8.99. The first kappa shape index (κ1) is 23.4. The standard InChI is InChI=1S/C25H22F4N4O2/c1-13-19(26)11-18-22(14-3-5-17(9-14)25(27,28)29)31-23(32-24(18)30-13)15-7-8-35-20(10-15)16-4-6-21(34)33(2)12-16/h4-6,11-12,15,17,20H,7-10H2,1-2H3/t15-,17-,20+/m0/s1. The van der Waals surface area contributed by atoms with Gasteiger partial charge in [-0.05, 0) is 50.0 Å². The number of rotatable bonds is 3. The van der Waals surface area contributed by atoms with Crippen LogP contribution in [0.4, 0.5) is 17.6 Å². The molecular formula is C25H22F4N4O2. The summed E-state index contributed by atoms with van der Waals surface area (Å²) < 4.78 is 61.6. The number of fused-ring (bicyclic) bond motifs is 1. The summed E-state index contributed by atoms with van der Waals surface area (Å²) in [5.74, 6) is -1.98. The maximum absolute atomic E-state index is 14.4. The van der Waals surface area contributed by atoms with E-state index in [1.807, 2.05) is 0 Å². The molecule has 3 aromatic heterocycles. The number of nitrogens with zero attached hydrogens (tertiary/aromatic N) is 4. The lowest BCUT2D eigenvalue weighted by molar-refractivity contribution is -0.158. The van der Waals surface area contributed by atoms with E-state index in [1.165, 1.54) is 23.6 Å². The number of hydrogen-bond donors (Lipinski definition) is 0. The second kappa shape index (κ2) is 8.70. The van der Waals surface area contributed by atoms with Crippen LogP contribution in [0.1, 0.15) is 54.1 Å².